The van der Waals surface area contributed by atoms with Gasteiger partial charge in [-0.25, -0.2) is 0 Å². The van der Waals surface area contributed by atoms with Crippen molar-refractivity contribution in [2.45, 2.75) is 65.0 Å². The predicted molar refractivity (Wildman–Crippen MR) is 102 cm³/mol. The lowest BCUT2D eigenvalue weighted by Gasteiger charge is -2.36. The first kappa shape index (κ1) is 17.5. The highest BCUT2D eigenvalue weighted by Crippen LogP contribution is 2.39. The van der Waals surface area contributed by atoms with Gasteiger partial charge in [-0.3, -0.25) is 0 Å². The molecule has 1 aromatic carbocycles. The fourth-order valence-electron chi connectivity index (χ4n) is 4.14. The number of benzene rings is 1. The number of hydrogen-bond acceptors (Lipinski definition) is 2. The fourth-order valence-corrected chi connectivity index (χ4v) is 4.14. The molecule has 3 heteroatoms. The number of ether oxygens (including phenoxy) is 1. The summed E-state index contributed by atoms with van der Waals surface area (Å²) in [6.45, 7) is 10.7. The molecule has 0 aliphatic carbocycles. The van der Waals surface area contributed by atoms with Crippen LogP contribution in [-0.4, -0.2) is 24.3 Å². The van der Waals surface area contributed by atoms with Crippen LogP contribution >= 0.6 is 0 Å². The van der Waals surface area contributed by atoms with Crippen molar-refractivity contribution in [1.29, 1.82) is 0 Å². The van der Waals surface area contributed by atoms with Crippen LogP contribution in [0.3, 0.4) is 0 Å². The van der Waals surface area contributed by atoms with Crippen LogP contribution in [0, 0.1) is 6.92 Å². The van der Waals surface area contributed by atoms with Gasteiger partial charge in [0, 0.05) is 17.4 Å². The first-order chi connectivity index (χ1) is 11.7. The summed E-state index contributed by atoms with van der Waals surface area (Å²) < 4.78 is 8.77. The van der Waals surface area contributed by atoms with Gasteiger partial charge >= 0.3 is 0 Å². The lowest BCUT2D eigenvalue weighted by molar-refractivity contribution is -0.0688. The highest BCUT2D eigenvalue weighted by Gasteiger charge is 2.36. The van der Waals surface area contributed by atoms with Crippen molar-refractivity contribution in [2.24, 2.45) is 0 Å². The van der Waals surface area contributed by atoms with Gasteiger partial charge in [-0.2, -0.15) is 0 Å². The van der Waals surface area contributed by atoms with Crippen LogP contribution in [0.15, 0.2) is 24.3 Å². The lowest BCUT2D eigenvalue weighted by Crippen LogP contribution is -2.38. The molecule has 0 saturated carbocycles. The van der Waals surface area contributed by atoms with Crippen LogP contribution in [0.2, 0.25) is 0 Å². The number of aromatic nitrogens is 1. The van der Waals surface area contributed by atoms with Gasteiger partial charge in [0.05, 0.1) is 12.3 Å². The van der Waals surface area contributed by atoms with Crippen LogP contribution in [0.25, 0.3) is 10.9 Å². The average molecular weight is 328 g/mol. The van der Waals surface area contributed by atoms with E-state index in [1.807, 2.05) is 0 Å². The highest BCUT2D eigenvalue weighted by molar-refractivity contribution is 5.85. The van der Waals surface area contributed by atoms with E-state index >= 15 is 0 Å². The Labute approximate surface area is 146 Å². The summed E-state index contributed by atoms with van der Waals surface area (Å²) in [7, 11) is 0. The maximum Gasteiger partial charge on any atom is 0.107 e. The van der Waals surface area contributed by atoms with Gasteiger partial charge in [0.25, 0.3) is 0 Å². The second-order valence-corrected chi connectivity index (χ2v) is 7.28. The molecule has 1 aliphatic heterocycles. The van der Waals surface area contributed by atoms with Crippen molar-refractivity contribution < 1.29 is 4.74 Å². The van der Waals surface area contributed by atoms with E-state index in [0.29, 0.717) is 0 Å². The molecule has 2 heterocycles. The molecule has 24 heavy (non-hydrogen) atoms. The summed E-state index contributed by atoms with van der Waals surface area (Å²) >= 11 is 0. The predicted octanol–water partition coefficient (Wildman–Crippen LogP) is 4.76. The molecule has 0 amide bonds. The Kier molecular flexibility index (Phi) is 5.62. The maximum absolute atomic E-state index is 6.29. The van der Waals surface area contributed by atoms with Crippen molar-refractivity contribution in [2.75, 3.05) is 19.7 Å². The molecule has 2 aromatic rings. The lowest BCUT2D eigenvalue weighted by atomic mass is 9.93. The summed E-state index contributed by atoms with van der Waals surface area (Å²) in [6.07, 6.45) is 6.30. The molecule has 1 atom stereocenters. The Bertz CT molecular complexity index is 676. The minimum Gasteiger partial charge on any atom is -0.367 e. The number of para-hydroxylation sites is 1. The minimum atomic E-state index is -0.183. The van der Waals surface area contributed by atoms with Crippen LogP contribution in [-0.2, 0) is 16.9 Å². The number of nitrogens with one attached hydrogen (secondary N) is 1. The maximum atomic E-state index is 6.29. The van der Waals surface area contributed by atoms with Crippen LogP contribution in [0.5, 0.6) is 0 Å². The van der Waals surface area contributed by atoms with Crippen molar-refractivity contribution in [3.8, 4) is 0 Å². The summed E-state index contributed by atoms with van der Waals surface area (Å²) in [4.78, 5) is 0. The molecule has 1 aliphatic rings. The standard InChI is InChI=1S/C21H32N2O/c1-4-5-6-9-13-22-14-12-21(3)20-17(2)18-10-7-8-11-19(18)23(20)15-16-24-21/h7-8,10-11,22H,4-6,9,12-16H2,1-3H3. The number of hydrogen-bond donors (Lipinski definition) is 1. The quantitative estimate of drug-likeness (QED) is 0.707. The van der Waals surface area contributed by atoms with E-state index in [2.05, 4.69) is 54.9 Å². The van der Waals surface area contributed by atoms with Crippen LogP contribution in [0.1, 0.15) is 57.2 Å². The summed E-state index contributed by atoms with van der Waals surface area (Å²) in [5, 5.41) is 4.98. The number of nitrogens with zero attached hydrogens (tertiary/aromatic N) is 1. The van der Waals surface area contributed by atoms with Crippen molar-refractivity contribution in [3.63, 3.8) is 0 Å². The fraction of sp³-hybridized carbons (Fsp3) is 0.619. The highest BCUT2D eigenvalue weighted by atomic mass is 16.5. The molecule has 3 nitrogen and oxygen atoms in total. The molecule has 1 unspecified atom stereocenters. The second kappa shape index (κ2) is 7.71. The molecule has 132 valence electrons. The Morgan fingerprint density at radius 2 is 2.00 bits per heavy atom. The van der Waals surface area contributed by atoms with Crippen molar-refractivity contribution in [1.82, 2.24) is 9.88 Å². The van der Waals surface area contributed by atoms with E-state index < -0.39 is 0 Å². The molecular weight excluding hydrogens is 296 g/mol. The van der Waals surface area contributed by atoms with E-state index in [0.717, 1.165) is 32.7 Å². The Balaban J connectivity index is 1.69. The van der Waals surface area contributed by atoms with Gasteiger partial charge in [-0.05, 0) is 51.4 Å². The van der Waals surface area contributed by atoms with Gasteiger partial charge in [0.2, 0.25) is 0 Å². The Hall–Kier alpha value is -1.32. The van der Waals surface area contributed by atoms with E-state index in [9.17, 15) is 0 Å². The summed E-state index contributed by atoms with van der Waals surface area (Å²) in [5.74, 6) is 0. The van der Waals surface area contributed by atoms with E-state index in [1.54, 1.807) is 0 Å². The van der Waals surface area contributed by atoms with E-state index in [4.69, 9.17) is 4.74 Å². The third-order valence-electron chi connectivity index (χ3n) is 5.45. The summed E-state index contributed by atoms with van der Waals surface area (Å²) in [5.41, 5.74) is 3.93. The summed E-state index contributed by atoms with van der Waals surface area (Å²) in [6, 6.07) is 8.75. The zero-order valence-corrected chi connectivity index (χ0v) is 15.5. The molecule has 1 aromatic heterocycles. The smallest absolute Gasteiger partial charge is 0.107 e. The van der Waals surface area contributed by atoms with Crippen molar-refractivity contribution in [3.05, 3.63) is 35.5 Å². The molecule has 0 radical (unpaired) electrons. The third kappa shape index (κ3) is 3.38. The van der Waals surface area contributed by atoms with Gasteiger partial charge in [-0.1, -0.05) is 44.4 Å². The molecule has 0 bridgehead atoms. The SMILES string of the molecule is CCCCCCNCCC1(C)OCCn2c1c(C)c1ccccc12. The monoisotopic (exact) mass is 328 g/mol. The minimum absolute atomic E-state index is 0.183. The van der Waals surface area contributed by atoms with E-state index in [-0.39, 0.29) is 5.60 Å². The Morgan fingerprint density at radius 3 is 2.83 bits per heavy atom. The van der Waals surface area contributed by atoms with Gasteiger partial charge < -0.3 is 14.6 Å². The number of aryl methyl sites for hydroxylation is 1. The molecule has 0 saturated heterocycles. The molecular formula is C21H32N2O. The topological polar surface area (TPSA) is 26.2 Å². The van der Waals surface area contributed by atoms with E-state index in [1.165, 1.54) is 47.8 Å². The molecule has 0 spiro atoms. The first-order valence-corrected chi connectivity index (χ1v) is 9.60. The number of fused-ring (bicyclic) bond motifs is 3. The molecule has 0 fully saturated rings. The normalized spacial score (nSPS) is 20.5. The second-order valence-electron chi connectivity index (χ2n) is 7.28. The zero-order chi connectivity index (χ0) is 17.0. The largest absolute Gasteiger partial charge is 0.367 e. The van der Waals surface area contributed by atoms with Crippen LogP contribution in [0.4, 0.5) is 0 Å². The van der Waals surface area contributed by atoms with Gasteiger partial charge in [0.15, 0.2) is 0 Å². The Morgan fingerprint density at radius 1 is 1.17 bits per heavy atom. The van der Waals surface area contributed by atoms with Gasteiger partial charge in [0.1, 0.15) is 5.60 Å². The molecule has 1 N–H and O–H groups in total. The molecule has 3 rings (SSSR count). The van der Waals surface area contributed by atoms with Crippen molar-refractivity contribution >= 4 is 10.9 Å². The first-order valence-electron chi connectivity index (χ1n) is 9.60. The zero-order valence-electron chi connectivity index (χ0n) is 15.5. The third-order valence-corrected chi connectivity index (χ3v) is 5.45. The number of unbranched alkanes of at least 4 members (excludes halogenated alkanes) is 3. The number of rotatable bonds is 8. The van der Waals surface area contributed by atoms with Gasteiger partial charge in [-0.15, -0.1) is 0 Å². The van der Waals surface area contributed by atoms with Crippen LogP contribution < -0.4 is 5.32 Å². The average Bonchev–Trinajstić information content (AvgIpc) is 2.89.